The van der Waals surface area contributed by atoms with E-state index in [-0.39, 0.29) is 11.8 Å². The van der Waals surface area contributed by atoms with Crippen molar-refractivity contribution in [2.45, 2.75) is 13.0 Å². The van der Waals surface area contributed by atoms with Gasteiger partial charge in [0.1, 0.15) is 4.60 Å². The van der Waals surface area contributed by atoms with Gasteiger partial charge in [-0.1, -0.05) is 6.07 Å². The summed E-state index contributed by atoms with van der Waals surface area (Å²) in [5, 5.41) is 10.9. The Hall–Kier alpha value is -3.98. The summed E-state index contributed by atoms with van der Waals surface area (Å²) in [5.41, 5.74) is 6.49. The molecule has 9 heteroatoms. The second kappa shape index (κ2) is 8.11. The number of imidazole rings is 1. The quantitative estimate of drug-likeness (QED) is 0.325. The third-order valence-corrected chi connectivity index (χ3v) is 6.81. The highest BCUT2D eigenvalue weighted by Gasteiger charge is 2.23. The van der Waals surface area contributed by atoms with E-state index in [0.717, 1.165) is 44.1 Å². The lowest BCUT2D eigenvalue weighted by Gasteiger charge is -2.29. The predicted octanol–water partition coefficient (Wildman–Crippen LogP) is 4.65. The molecule has 1 aliphatic heterocycles. The van der Waals surface area contributed by atoms with Gasteiger partial charge in [-0.25, -0.2) is 4.98 Å². The van der Waals surface area contributed by atoms with E-state index in [1.54, 1.807) is 12.4 Å². The van der Waals surface area contributed by atoms with E-state index in [2.05, 4.69) is 41.4 Å². The van der Waals surface area contributed by atoms with Crippen LogP contribution < -0.4 is 5.32 Å². The largest absolute Gasteiger partial charge is 0.345 e. The number of fused-ring (bicyclic) bond motifs is 3. The first-order valence-corrected chi connectivity index (χ1v) is 11.6. The van der Waals surface area contributed by atoms with Crippen molar-refractivity contribution in [2.24, 2.45) is 0 Å². The fourth-order valence-corrected chi connectivity index (χ4v) is 4.79. The molecule has 3 heterocycles. The maximum absolute atomic E-state index is 13.1. The molecule has 0 spiro atoms. The molecule has 2 amide bonds. The third-order valence-electron chi connectivity index (χ3n) is 6.20. The van der Waals surface area contributed by atoms with Gasteiger partial charge in [0.15, 0.2) is 0 Å². The summed E-state index contributed by atoms with van der Waals surface area (Å²) in [6.07, 6.45) is 2.37. The van der Waals surface area contributed by atoms with Crippen LogP contribution in [0.25, 0.3) is 21.9 Å². The average molecular weight is 515 g/mol. The SMILES string of the molecule is O=C(Nc1ccc2n[nH]c(Br)c2c1)c1ccc2c(c1)CN(C(=O)c1ccc3nc[nH]c3c1)CC2. The second-order valence-electron chi connectivity index (χ2n) is 8.32. The predicted molar refractivity (Wildman–Crippen MR) is 133 cm³/mol. The number of carbonyl (C=O) groups excluding carboxylic acids is 2. The number of nitrogens with one attached hydrogen (secondary N) is 3. The monoisotopic (exact) mass is 514 g/mol. The first kappa shape index (κ1) is 20.6. The maximum atomic E-state index is 13.1. The van der Waals surface area contributed by atoms with Gasteiger partial charge in [-0.05, 0) is 82.0 Å². The molecule has 8 nitrogen and oxygen atoms in total. The van der Waals surface area contributed by atoms with Crippen LogP contribution in [-0.4, -0.2) is 43.4 Å². The Bertz CT molecular complexity index is 1590. The fraction of sp³-hybridized carbons (Fsp3) is 0.120. The fourth-order valence-electron chi connectivity index (χ4n) is 4.38. The van der Waals surface area contributed by atoms with Gasteiger partial charge < -0.3 is 15.2 Å². The number of H-pyrrole nitrogens is 2. The molecule has 0 bridgehead atoms. The molecule has 0 saturated heterocycles. The number of carbonyl (C=O) groups is 2. The first-order chi connectivity index (χ1) is 16.5. The molecule has 6 rings (SSSR count). The van der Waals surface area contributed by atoms with Gasteiger partial charge in [-0.3, -0.25) is 14.7 Å². The molecule has 2 aromatic heterocycles. The molecular weight excluding hydrogens is 496 g/mol. The van der Waals surface area contributed by atoms with Crippen LogP contribution in [0.3, 0.4) is 0 Å². The summed E-state index contributed by atoms with van der Waals surface area (Å²) in [5.74, 6) is -0.231. The van der Waals surface area contributed by atoms with Crippen LogP contribution in [-0.2, 0) is 13.0 Å². The smallest absolute Gasteiger partial charge is 0.255 e. The Balaban J connectivity index is 1.21. The van der Waals surface area contributed by atoms with Crippen LogP contribution in [0.4, 0.5) is 5.69 Å². The highest BCUT2D eigenvalue weighted by atomic mass is 79.9. The number of benzene rings is 3. The van der Waals surface area contributed by atoms with Crippen LogP contribution >= 0.6 is 15.9 Å². The topological polar surface area (TPSA) is 107 Å². The Morgan fingerprint density at radius 2 is 1.82 bits per heavy atom. The summed E-state index contributed by atoms with van der Waals surface area (Å²) in [6, 6.07) is 16.7. The zero-order valence-corrected chi connectivity index (χ0v) is 19.5. The number of aromatic nitrogens is 4. The van der Waals surface area contributed by atoms with E-state index in [4.69, 9.17) is 0 Å². The molecule has 0 saturated carbocycles. The molecule has 0 unspecified atom stereocenters. The minimum absolute atomic E-state index is 0.0315. The van der Waals surface area contributed by atoms with Gasteiger partial charge in [-0.2, -0.15) is 5.10 Å². The summed E-state index contributed by atoms with van der Waals surface area (Å²) in [6.45, 7) is 1.10. The Morgan fingerprint density at radius 1 is 0.971 bits per heavy atom. The number of anilines is 1. The van der Waals surface area contributed by atoms with Gasteiger partial charge in [0, 0.05) is 35.3 Å². The second-order valence-corrected chi connectivity index (χ2v) is 9.11. The normalized spacial score (nSPS) is 13.3. The molecule has 5 aromatic rings. The van der Waals surface area contributed by atoms with Crippen molar-refractivity contribution < 1.29 is 9.59 Å². The van der Waals surface area contributed by atoms with Gasteiger partial charge in [0.2, 0.25) is 0 Å². The zero-order valence-electron chi connectivity index (χ0n) is 17.9. The number of rotatable bonds is 3. The number of halogens is 1. The Labute approximate surface area is 202 Å². The van der Waals surface area contributed by atoms with Gasteiger partial charge >= 0.3 is 0 Å². The average Bonchev–Trinajstić information content (AvgIpc) is 3.49. The minimum Gasteiger partial charge on any atom is -0.345 e. The van der Waals surface area contributed by atoms with Crippen LogP contribution in [0.2, 0.25) is 0 Å². The van der Waals surface area contributed by atoms with E-state index in [9.17, 15) is 9.59 Å². The zero-order chi connectivity index (χ0) is 23.2. The summed E-state index contributed by atoms with van der Waals surface area (Å²) < 4.78 is 0.767. The summed E-state index contributed by atoms with van der Waals surface area (Å²) >= 11 is 3.43. The number of hydrogen-bond donors (Lipinski definition) is 3. The van der Waals surface area contributed by atoms with Crippen molar-refractivity contribution in [1.29, 1.82) is 0 Å². The van der Waals surface area contributed by atoms with Crippen LogP contribution in [0.1, 0.15) is 31.8 Å². The standard InChI is InChI=1S/C25H19BrN6O2/c26-23-19-11-18(4-6-20(19)30-31-23)29-24(33)15-2-1-14-7-8-32(12-17(14)9-15)25(34)16-3-5-21-22(10-16)28-13-27-21/h1-6,9-11,13H,7-8,12H2,(H,27,28)(H,29,33)(H,30,31). The van der Waals surface area contributed by atoms with Gasteiger partial charge in [0.25, 0.3) is 11.8 Å². The summed E-state index contributed by atoms with van der Waals surface area (Å²) in [4.78, 5) is 35.2. The minimum atomic E-state index is -0.199. The van der Waals surface area contributed by atoms with E-state index >= 15 is 0 Å². The lowest BCUT2D eigenvalue weighted by Crippen LogP contribution is -2.36. The van der Waals surface area contributed by atoms with Crippen molar-refractivity contribution in [2.75, 3.05) is 11.9 Å². The van der Waals surface area contributed by atoms with Crippen LogP contribution in [0.15, 0.2) is 65.5 Å². The summed E-state index contributed by atoms with van der Waals surface area (Å²) in [7, 11) is 0. The molecule has 0 aliphatic carbocycles. The number of nitrogens with zero attached hydrogens (tertiary/aromatic N) is 3. The molecule has 34 heavy (non-hydrogen) atoms. The Morgan fingerprint density at radius 3 is 2.74 bits per heavy atom. The third kappa shape index (κ3) is 3.63. The molecule has 1 aliphatic rings. The van der Waals surface area contributed by atoms with E-state index in [1.165, 1.54) is 0 Å². The molecule has 3 N–H and O–H groups in total. The first-order valence-electron chi connectivity index (χ1n) is 10.8. The molecule has 3 aromatic carbocycles. The Kier molecular flexibility index (Phi) is 4.91. The highest BCUT2D eigenvalue weighted by molar-refractivity contribution is 9.10. The lowest BCUT2D eigenvalue weighted by molar-refractivity contribution is 0.0735. The highest BCUT2D eigenvalue weighted by Crippen LogP contribution is 2.26. The van der Waals surface area contributed by atoms with E-state index in [0.29, 0.717) is 29.9 Å². The van der Waals surface area contributed by atoms with Crippen molar-refractivity contribution in [3.63, 3.8) is 0 Å². The maximum Gasteiger partial charge on any atom is 0.255 e. The molecule has 168 valence electrons. The van der Waals surface area contributed by atoms with Crippen molar-refractivity contribution in [3.8, 4) is 0 Å². The van der Waals surface area contributed by atoms with Gasteiger partial charge in [0.05, 0.1) is 22.9 Å². The molecular formula is C25H19BrN6O2. The number of aromatic amines is 2. The van der Waals surface area contributed by atoms with Crippen molar-refractivity contribution >= 4 is 55.4 Å². The van der Waals surface area contributed by atoms with E-state index in [1.807, 2.05) is 53.4 Å². The molecule has 0 radical (unpaired) electrons. The molecule has 0 atom stereocenters. The van der Waals surface area contributed by atoms with Crippen LogP contribution in [0, 0.1) is 0 Å². The molecule has 0 fully saturated rings. The van der Waals surface area contributed by atoms with Gasteiger partial charge in [-0.15, -0.1) is 0 Å². The number of amides is 2. The van der Waals surface area contributed by atoms with E-state index < -0.39 is 0 Å². The van der Waals surface area contributed by atoms with Crippen molar-refractivity contribution in [3.05, 3.63) is 87.8 Å². The number of hydrogen-bond acceptors (Lipinski definition) is 4. The van der Waals surface area contributed by atoms with Crippen molar-refractivity contribution in [1.82, 2.24) is 25.1 Å². The lowest BCUT2D eigenvalue weighted by atomic mass is 9.96. The van der Waals surface area contributed by atoms with Crippen LogP contribution in [0.5, 0.6) is 0 Å².